The van der Waals surface area contributed by atoms with Crippen LogP contribution in [-0.4, -0.2) is 17.1 Å². The first-order chi connectivity index (χ1) is 15.3. The molecule has 0 unspecified atom stereocenters. The lowest BCUT2D eigenvalue weighted by molar-refractivity contribution is -0.139. The third kappa shape index (κ3) is 3.94. The van der Waals surface area contributed by atoms with Gasteiger partial charge in [-0.05, 0) is 44.5 Å². The normalized spacial score (nSPS) is 16.0. The number of aryl methyl sites for hydroxylation is 1. The van der Waals surface area contributed by atoms with Crippen LogP contribution in [0.15, 0.2) is 63.5 Å². The molecule has 0 radical (unpaired) electrons. The van der Waals surface area contributed by atoms with Crippen molar-refractivity contribution in [1.29, 1.82) is 0 Å². The number of nitrogens with zero attached hydrogens (tertiary/aromatic N) is 2. The maximum absolute atomic E-state index is 14.3. The van der Waals surface area contributed by atoms with Gasteiger partial charge in [-0.1, -0.05) is 58.8 Å². The van der Waals surface area contributed by atoms with Gasteiger partial charge in [-0.3, -0.25) is 9.36 Å². The Labute approximate surface area is 192 Å². The monoisotopic (exact) mass is 470 g/mol. The van der Waals surface area contributed by atoms with Crippen LogP contribution < -0.4 is 14.9 Å². The summed E-state index contributed by atoms with van der Waals surface area (Å²) in [6.07, 6.45) is 1.43. The van der Waals surface area contributed by atoms with Gasteiger partial charge in [0.2, 0.25) is 0 Å². The Hall–Kier alpha value is -3.03. The lowest BCUT2D eigenvalue weighted by atomic mass is 9.95. The summed E-state index contributed by atoms with van der Waals surface area (Å²) in [5.74, 6) is -1.05. The first kappa shape index (κ1) is 22.2. The van der Waals surface area contributed by atoms with Crippen molar-refractivity contribution in [3.63, 3.8) is 0 Å². The molecule has 0 fully saturated rings. The van der Waals surface area contributed by atoms with Gasteiger partial charge in [-0.15, -0.1) is 0 Å². The maximum Gasteiger partial charge on any atom is 0.338 e. The molecular formula is C24H20ClFN2O3S. The molecule has 4 rings (SSSR count). The highest BCUT2D eigenvalue weighted by Gasteiger charge is 2.33. The number of thiazole rings is 1. The maximum atomic E-state index is 14.3. The Morgan fingerprint density at radius 2 is 1.97 bits per heavy atom. The third-order valence-corrected chi connectivity index (χ3v) is 6.50. The topological polar surface area (TPSA) is 60.7 Å². The molecule has 0 spiro atoms. The molecule has 8 heteroatoms. The second kappa shape index (κ2) is 8.84. The molecule has 0 bridgehead atoms. The van der Waals surface area contributed by atoms with Gasteiger partial charge < -0.3 is 4.74 Å². The molecule has 1 aliphatic rings. The molecule has 0 N–H and O–H groups in total. The number of aromatic nitrogens is 1. The number of hydrogen-bond donors (Lipinski definition) is 0. The summed E-state index contributed by atoms with van der Waals surface area (Å²) in [4.78, 5) is 31.2. The van der Waals surface area contributed by atoms with Crippen molar-refractivity contribution in [2.45, 2.75) is 26.8 Å². The van der Waals surface area contributed by atoms with Gasteiger partial charge in [0, 0.05) is 5.56 Å². The quantitative estimate of drug-likeness (QED) is 0.543. The summed E-state index contributed by atoms with van der Waals surface area (Å²) in [6, 6.07) is 11.2. The van der Waals surface area contributed by atoms with Crippen molar-refractivity contribution < 1.29 is 13.9 Å². The van der Waals surface area contributed by atoms with E-state index < -0.39 is 17.8 Å². The number of carbonyl (C=O) groups excluding carboxylic acids is 1. The molecule has 3 aromatic rings. The number of halogens is 2. The predicted octanol–water partition coefficient (Wildman–Crippen LogP) is 3.90. The Morgan fingerprint density at radius 3 is 2.62 bits per heavy atom. The van der Waals surface area contributed by atoms with Crippen LogP contribution in [0, 0.1) is 12.7 Å². The van der Waals surface area contributed by atoms with Crippen molar-refractivity contribution >= 4 is 35.0 Å². The van der Waals surface area contributed by atoms with E-state index >= 15 is 0 Å². The summed E-state index contributed by atoms with van der Waals surface area (Å²) in [7, 11) is 0. The van der Waals surface area contributed by atoms with Crippen molar-refractivity contribution in [1.82, 2.24) is 4.57 Å². The minimum Gasteiger partial charge on any atom is -0.463 e. The summed E-state index contributed by atoms with van der Waals surface area (Å²) in [6.45, 7) is 5.60. The average Bonchev–Trinajstić information content (AvgIpc) is 3.05. The van der Waals surface area contributed by atoms with Gasteiger partial charge in [0.25, 0.3) is 5.56 Å². The van der Waals surface area contributed by atoms with Crippen molar-refractivity contribution in [3.05, 3.63) is 101 Å². The Morgan fingerprint density at radius 1 is 1.25 bits per heavy atom. The van der Waals surface area contributed by atoms with Crippen LogP contribution in [0.25, 0.3) is 6.08 Å². The van der Waals surface area contributed by atoms with Crippen molar-refractivity contribution in [2.24, 2.45) is 4.99 Å². The molecule has 0 saturated heterocycles. The standard InChI is InChI=1S/C24H20ClFN2O3S/c1-4-31-23(30)20-14(3)27-24-28(21(20)15-10-8-13(2)9-11-15)22(29)19(32-24)12-16-17(25)6-5-7-18(16)26/h5-12,21H,4H2,1-3H3/b19-12-/t21-/m1/s1. The summed E-state index contributed by atoms with van der Waals surface area (Å²) >= 11 is 7.28. The van der Waals surface area contributed by atoms with E-state index in [4.69, 9.17) is 16.3 Å². The van der Waals surface area contributed by atoms with Gasteiger partial charge >= 0.3 is 5.97 Å². The van der Waals surface area contributed by atoms with E-state index in [-0.39, 0.29) is 27.3 Å². The lowest BCUT2D eigenvalue weighted by Crippen LogP contribution is -2.40. The van der Waals surface area contributed by atoms with E-state index in [0.717, 1.165) is 22.5 Å². The SMILES string of the molecule is CCOC(=O)C1=C(C)N=c2s/c(=C\c3c(F)cccc3Cl)c(=O)n2[C@@H]1c1ccc(C)cc1. The molecule has 5 nitrogen and oxygen atoms in total. The summed E-state index contributed by atoms with van der Waals surface area (Å²) in [5.41, 5.74) is 2.34. The first-order valence-corrected chi connectivity index (χ1v) is 11.2. The molecule has 0 amide bonds. The van der Waals surface area contributed by atoms with Gasteiger partial charge in [0.15, 0.2) is 4.80 Å². The van der Waals surface area contributed by atoms with Crippen LogP contribution in [0.3, 0.4) is 0 Å². The fraction of sp³-hybridized carbons (Fsp3) is 0.208. The van der Waals surface area contributed by atoms with E-state index in [0.29, 0.717) is 16.1 Å². The van der Waals surface area contributed by atoms with E-state index in [1.165, 1.54) is 22.8 Å². The highest BCUT2D eigenvalue weighted by molar-refractivity contribution is 7.07. The van der Waals surface area contributed by atoms with Crippen molar-refractivity contribution in [3.8, 4) is 0 Å². The predicted molar refractivity (Wildman–Crippen MR) is 123 cm³/mol. The van der Waals surface area contributed by atoms with Crippen molar-refractivity contribution in [2.75, 3.05) is 6.61 Å². The van der Waals surface area contributed by atoms with E-state index in [1.54, 1.807) is 19.9 Å². The molecular weight excluding hydrogens is 451 g/mol. The first-order valence-electron chi connectivity index (χ1n) is 10.0. The van der Waals surface area contributed by atoms with Crippen LogP contribution in [0.5, 0.6) is 0 Å². The summed E-state index contributed by atoms with van der Waals surface area (Å²) < 4.78 is 21.3. The zero-order chi connectivity index (χ0) is 23.0. The summed E-state index contributed by atoms with van der Waals surface area (Å²) in [5, 5.41) is 0.203. The van der Waals surface area contributed by atoms with Gasteiger partial charge in [0.1, 0.15) is 5.82 Å². The largest absolute Gasteiger partial charge is 0.463 e. The number of benzene rings is 2. The molecule has 0 saturated carbocycles. The van der Waals surface area contributed by atoms with Crippen LogP contribution in [0.2, 0.25) is 5.02 Å². The van der Waals surface area contributed by atoms with Gasteiger partial charge in [-0.2, -0.15) is 0 Å². The number of rotatable bonds is 4. The molecule has 32 heavy (non-hydrogen) atoms. The highest BCUT2D eigenvalue weighted by atomic mass is 35.5. The van der Waals surface area contributed by atoms with E-state index in [1.807, 2.05) is 31.2 Å². The minimum atomic E-state index is -0.704. The second-order valence-electron chi connectivity index (χ2n) is 7.35. The fourth-order valence-electron chi connectivity index (χ4n) is 3.64. The zero-order valence-corrected chi connectivity index (χ0v) is 19.3. The van der Waals surface area contributed by atoms with Crippen LogP contribution >= 0.6 is 22.9 Å². The number of allylic oxidation sites excluding steroid dienone is 1. The Balaban J connectivity index is 1.99. The third-order valence-electron chi connectivity index (χ3n) is 5.19. The van der Waals surface area contributed by atoms with Crippen LogP contribution in [-0.2, 0) is 9.53 Å². The van der Waals surface area contributed by atoms with Crippen LogP contribution in [0.4, 0.5) is 4.39 Å². The minimum absolute atomic E-state index is 0.132. The molecule has 2 aromatic carbocycles. The van der Waals surface area contributed by atoms with Gasteiger partial charge in [0.05, 0.1) is 33.5 Å². The smallest absolute Gasteiger partial charge is 0.338 e. The number of carbonyl (C=O) groups is 1. The lowest BCUT2D eigenvalue weighted by Gasteiger charge is -2.24. The molecule has 0 aliphatic carbocycles. The number of ether oxygens (including phenoxy) is 1. The number of fused-ring (bicyclic) bond motifs is 1. The van der Waals surface area contributed by atoms with E-state index in [2.05, 4.69) is 4.99 Å². The van der Waals surface area contributed by atoms with Gasteiger partial charge in [-0.25, -0.2) is 14.2 Å². The second-order valence-corrected chi connectivity index (χ2v) is 8.76. The number of esters is 1. The number of hydrogen-bond acceptors (Lipinski definition) is 5. The van der Waals surface area contributed by atoms with Crippen LogP contribution in [0.1, 0.15) is 36.6 Å². The molecule has 1 aromatic heterocycles. The molecule has 164 valence electrons. The average molecular weight is 471 g/mol. The molecule has 1 aliphatic heterocycles. The molecule has 2 heterocycles. The fourth-order valence-corrected chi connectivity index (χ4v) is 4.88. The highest BCUT2D eigenvalue weighted by Crippen LogP contribution is 2.31. The zero-order valence-electron chi connectivity index (χ0n) is 17.7. The van der Waals surface area contributed by atoms with E-state index in [9.17, 15) is 14.0 Å². The molecule has 1 atom stereocenters. The Bertz CT molecular complexity index is 1400. The Kier molecular flexibility index (Phi) is 6.13.